The third-order valence-corrected chi connectivity index (χ3v) is 4.99. The number of carbonyl (C=O) groups is 2. The number of fused-ring (bicyclic) bond motifs is 1. The zero-order valence-electron chi connectivity index (χ0n) is 15.9. The lowest BCUT2D eigenvalue weighted by molar-refractivity contribution is 0.103. The van der Waals surface area contributed by atoms with Gasteiger partial charge in [0.15, 0.2) is 11.6 Å². The van der Waals surface area contributed by atoms with Gasteiger partial charge in [-0.2, -0.15) is 0 Å². The molecular formula is C26H20O2. The third kappa shape index (κ3) is 3.49. The van der Waals surface area contributed by atoms with Gasteiger partial charge in [-0.15, -0.1) is 0 Å². The molecule has 0 aromatic heterocycles. The molecule has 0 atom stereocenters. The van der Waals surface area contributed by atoms with Crippen molar-refractivity contribution in [2.75, 3.05) is 0 Å². The van der Waals surface area contributed by atoms with E-state index in [-0.39, 0.29) is 11.6 Å². The molecule has 0 spiro atoms. The molecule has 0 heterocycles. The van der Waals surface area contributed by atoms with E-state index in [2.05, 4.69) is 0 Å². The summed E-state index contributed by atoms with van der Waals surface area (Å²) in [5.41, 5.74) is 4.90. The van der Waals surface area contributed by atoms with Crippen LogP contribution in [0.5, 0.6) is 0 Å². The first kappa shape index (κ1) is 17.9. The molecule has 0 fully saturated rings. The van der Waals surface area contributed by atoms with Gasteiger partial charge in [-0.05, 0) is 36.8 Å². The molecule has 0 aliphatic rings. The van der Waals surface area contributed by atoms with Crippen LogP contribution in [0.3, 0.4) is 0 Å². The molecule has 0 aliphatic heterocycles. The van der Waals surface area contributed by atoms with Crippen LogP contribution in [0.25, 0.3) is 10.8 Å². The molecule has 0 saturated heterocycles. The van der Waals surface area contributed by atoms with Crippen molar-refractivity contribution in [3.63, 3.8) is 0 Å². The number of ketones is 2. The van der Waals surface area contributed by atoms with Gasteiger partial charge in [-0.1, -0.05) is 83.9 Å². The van der Waals surface area contributed by atoms with Crippen molar-refractivity contribution >= 4 is 22.3 Å². The molecule has 136 valence electrons. The molecule has 0 aliphatic carbocycles. The van der Waals surface area contributed by atoms with Gasteiger partial charge in [0, 0.05) is 22.3 Å². The zero-order valence-corrected chi connectivity index (χ0v) is 15.9. The van der Waals surface area contributed by atoms with E-state index in [1.807, 2.05) is 98.8 Å². The maximum Gasteiger partial charge on any atom is 0.193 e. The highest BCUT2D eigenvalue weighted by molar-refractivity contribution is 6.12. The van der Waals surface area contributed by atoms with E-state index < -0.39 is 0 Å². The van der Waals surface area contributed by atoms with E-state index in [9.17, 15) is 9.59 Å². The predicted octanol–water partition coefficient (Wildman–Crippen LogP) is 5.92. The molecule has 0 amide bonds. The standard InChI is InChI=1S/C26H20O2/c1-17-3-7-19(8-4-17)25(27)23-13-11-22-16-24(14-12-21(22)15-23)26(28)20-9-5-18(2)6-10-20/h3-16H,1-2H3. The summed E-state index contributed by atoms with van der Waals surface area (Å²) in [6, 6.07) is 26.4. The van der Waals surface area contributed by atoms with Crippen LogP contribution >= 0.6 is 0 Å². The highest BCUT2D eigenvalue weighted by Gasteiger charge is 2.12. The van der Waals surface area contributed by atoms with Gasteiger partial charge >= 0.3 is 0 Å². The summed E-state index contributed by atoms with van der Waals surface area (Å²) in [4.78, 5) is 25.5. The first-order chi connectivity index (χ1) is 13.5. The maximum atomic E-state index is 12.7. The molecule has 0 N–H and O–H groups in total. The molecule has 0 unspecified atom stereocenters. The minimum absolute atomic E-state index is 0.00158. The van der Waals surface area contributed by atoms with Crippen LogP contribution in [0, 0.1) is 13.8 Å². The smallest absolute Gasteiger partial charge is 0.193 e. The van der Waals surface area contributed by atoms with Crippen LogP contribution < -0.4 is 0 Å². The Balaban J connectivity index is 1.65. The van der Waals surface area contributed by atoms with Crippen LogP contribution in [-0.2, 0) is 0 Å². The van der Waals surface area contributed by atoms with E-state index >= 15 is 0 Å². The van der Waals surface area contributed by atoms with E-state index in [0.29, 0.717) is 22.3 Å². The summed E-state index contributed by atoms with van der Waals surface area (Å²) in [6.45, 7) is 4.00. The molecule has 28 heavy (non-hydrogen) atoms. The number of benzene rings is 4. The molecule has 0 radical (unpaired) electrons. The lowest BCUT2D eigenvalue weighted by Crippen LogP contribution is -2.02. The fraction of sp³-hybridized carbons (Fsp3) is 0.0769. The number of aryl methyl sites for hydroxylation is 2. The summed E-state index contributed by atoms with van der Waals surface area (Å²) >= 11 is 0. The summed E-state index contributed by atoms with van der Waals surface area (Å²) in [7, 11) is 0. The summed E-state index contributed by atoms with van der Waals surface area (Å²) < 4.78 is 0. The molecule has 2 nitrogen and oxygen atoms in total. The number of carbonyl (C=O) groups excluding carboxylic acids is 2. The first-order valence-electron chi connectivity index (χ1n) is 9.28. The average molecular weight is 364 g/mol. The summed E-state index contributed by atoms with van der Waals surface area (Å²) in [5.74, 6) is 0.00316. The lowest BCUT2D eigenvalue weighted by atomic mass is 9.96. The van der Waals surface area contributed by atoms with Crippen LogP contribution in [-0.4, -0.2) is 11.6 Å². The van der Waals surface area contributed by atoms with Gasteiger partial charge in [-0.3, -0.25) is 9.59 Å². The topological polar surface area (TPSA) is 34.1 Å². The fourth-order valence-corrected chi connectivity index (χ4v) is 3.27. The second-order valence-corrected chi connectivity index (χ2v) is 7.17. The SMILES string of the molecule is Cc1ccc(C(=O)c2ccc3cc(C(=O)c4ccc(C)cc4)ccc3c2)cc1. The summed E-state index contributed by atoms with van der Waals surface area (Å²) in [5, 5.41) is 1.89. The molecule has 0 bridgehead atoms. The Morgan fingerprint density at radius 1 is 0.464 bits per heavy atom. The van der Waals surface area contributed by atoms with Crippen LogP contribution in [0.1, 0.15) is 43.0 Å². The van der Waals surface area contributed by atoms with Crippen molar-refractivity contribution in [1.29, 1.82) is 0 Å². The molecule has 2 heteroatoms. The highest BCUT2D eigenvalue weighted by atomic mass is 16.1. The Hall–Kier alpha value is -3.52. The Kier molecular flexibility index (Phi) is 4.62. The van der Waals surface area contributed by atoms with Crippen LogP contribution in [0.15, 0.2) is 84.9 Å². The minimum Gasteiger partial charge on any atom is -0.289 e. The Morgan fingerprint density at radius 2 is 0.786 bits per heavy atom. The van der Waals surface area contributed by atoms with Crippen molar-refractivity contribution < 1.29 is 9.59 Å². The second kappa shape index (κ2) is 7.24. The molecule has 4 aromatic rings. The van der Waals surface area contributed by atoms with Gasteiger partial charge in [-0.25, -0.2) is 0 Å². The zero-order chi connectivity index (χ0) is 19.7. The van der Waals surface area contributed by atoms with Crippen LogP contribution in [0.2, 0.25) is 0 Å². The van der Waals surface area contributed by atoms with Crippen molar-refractivity contribution in [2.24, 2.45) is 0 Å². The molecular weight excluding hydrogens is 344 g/mol. The predicted molar refractivity (Wildman–Crippen MR) is 113 cm³/mol. The Bertz CT molecular complexity index is 1090. The average Bonchev–Trinajstić information content (AvgIpc) is 2.73. The number of hydrogen-bond acceptors (Lipinski definition) is 2. The minimum atomic E-state index is 0.00158. The van der Waals surface area contributed by atoms with E-state index in [0.717, 1.165) is 21.9 Å². The maximum absolute atomic E-state index is 12.7. The van der Waals surface area contributed by atoms with Crippen molar-refractivity contribution in [2.45, 2.75) is 13.8 Å². The van der Waals surface area contributed by atoms with E-state index in [4.69, 9.17) is 0 Å². The monoisotopic (exact) mass is 364 g/mol. The largest absolute Gasteiger partial charge is 0.289 e. The lowest BCUT2D eigenvalue weighted by Gasteiger charge is -2.07. The molecule has 4 aromatic carbocycles. The van der Waals surface area contributed by atoms with Gasteiger partial charge in [0.1, 0.15) is 0 Å². The normalized spacial score (nSPS) is 10.8. The second-order valence-electron chi connectivity index (χ2n) is 7.17. The fourth-order valence-electron chi connectivity index (χ4n) is 3.27. The van der Waals surface area contributed by atoms with E-state index in [1.165, 1.54) is 0 Å². The Morgan fingerprint density at radius 3 is 1.14 bits per heavy atom. The molecule has 4 rings (SSSR count). The van der Waals surface area contributed by atoms with Crippen molar-refractivity contribution in [1.82, 2.24) is 0 Å². The van der Waals surface area contributed by atoms with Crippen molar-refractivity contribution in [3.05, 3.63) is 118 Å². The van der Waals surface area contributed by atoms with Crippen LogP contribution in [0.4, 0.5) is 0 Å². The van der Waals surface area contributed by atoms with Gasteiger partial charge in [0.05, 0.1) is 0 Å². The summed E-state index contributed by atoms with van der Waals surface area (Å²) in [6.07, 6.45) is 0. The van der Waals surface area contributed by atoms with Crippen molar-refractivity contribution in [3.8, 4) is 0 Å². The number of rotatable bonds is 4. The van der Waals surface area contributed by atoms with Gasteiger partial charge in [0.2, 0.25) is 0 Å². The number of hydrogen-bond donors (Lipinski definition) is 0. The Labute approximate surface area is 164 Å². The van der Waals surface area contributed by atoms with Gasteiger partial charge < -0.3 is 0 Å². The third-order valence-electron chi connectivity index (χ3n) is 4.99. The van der Waals surface area contributed by atoms with Gasteiger partial charge in [0.25, 0.3) is 0 Å². The molecule has 0 saturated carbocycles. The highest BCUT2D eigenvalue weighted by Crippen LogP contribution is 2.22. The first-order valence-corrected chi connectivity index (χ1v) is 9.28. The van der Waals surface area contributed by atoms with E-state index in [1.54, 1.807) is 0 Å². The quantitative estimate of drug-likeness (QED) is 0.421.